The van der Waals surface area contributed by atoms with E-state index in [4.69, 9.17) is 27.9 Å². The van der Waals surface area contributed by atoms with Gasteiger partial charge < -0.3 is 4.74 Å². The number of methoxy groups -OCH3 is 1. The molecule has 0 unspecified atom stereocenters. The number of para-hydroxylation sites is 1. The molecule has 3 nitrogen and oxygen atoms in total. The molecule has 0 fully saturated rings. The predicted molar refractivity (Wildman–Crippen MR) is 115 cm³/mol. The van der Waals surface area contributed by atoms with Crippen LogP contribution in [-0.4, -0.2) is 13.0 Å². The number of carbonyl (C=O) groups is 1. The number of halogens is 3. The minimum Gasteiger partial charge on any atom is -0.497 e. The molecular weight excluding hydrogens is 412 g/mol. The number of hydrogen-bond donors (Lipinski definition) is 0. The van der Waals surface area contributed by atoms with E-state index < -0.39 is 0 Å². The van der Waals surface area contributed by atoms with Gasteiger partial charge in [-0.05, 0) is 65.9 Å². The highest BCUT2D eigenvalue weighted by atomic mass is 35.5. The number of rotatable bonds is 3. The van der Waals surface area contributed by atoms with Gasteiger partial charge in [0, 0.05) is 12.5 Å². The second-order valence-corrected chi connectivity index (χ2v) is 7.75. The van der Waals surface area contributed by atoms with E-state index in [1.54, 1.807) is 36.3 Å². The van der Waals surface area contributed by atoms with Crippen LogP contribution in [0.3, 0.4) is 0 Å². The molecule has 6 heteroatoms. The molecule has 0 aromatic heterocycles. The van der Waals surface area contributed by atoms with E-state index in [0.717, 1.165) is 22.3 Å². The number of hydrogen-bond acceptors (Lipinski definition) is 2. The van der Waals surface area contributed by atoms with Crippen LogP contribution in [-0.2, 0) is 11.2 Å². The Morgan fingerprint density at radius 2 is 1.72 bits per heavy atom. The molecule has 0 atom stereocenters. The minimum absolute atomic E-state index is 0.0949. The van der Waals surface area contributed by atoms with Crippen LogP contribution in [0.4, 0.5) is 15.8 Å². The molecular formula is C23H18Cl2FNO2. The number of anilines is 2. The van der Waals surface area contributed by atoms with Gasteiger partial charge in [0.2, 0.25) is 5.91 Å². The molecule has 0 aliphatic carbocycles. The standard InChI is InChI=1S/C23H18Cl2FNO2/c1-13-10-14(26)6-7-16(13)18-11-15(29-2)12-21-17(18)8-9-22(28)27(21)23-19(24)4-3-5-20(23)25/h3-7,10-12H,8-9H2,1-2H3. The first kappa shape index (κ1) is 19.7. The van der Waals surface area contributed by atoms with E-state index in [1.807, 2.05) is 19.1 Å². The van der Waals surface area contributed by atoms with Crippen LogP contribution in [0.1, 0.15) is 17.5 Å². The second-order valence-electron chi connectivity index (χ2n) is 6.93. The number of amides is 1. The number of benzene rings is 3. The molecule has 0 bridgehead atoms. The van der Waals surface area contributed by atoms with Gasteiger partial charge in [0.15, 0.2) is 0 Å². The van der Waals surface area contributed by atoms with Crippen molar-refractivity contribution in [2.24, 2.45) is 0 Å². The van der Waals surface area contributed by atoms with Gasteiger partial charge in [-0.25, -0.2) is 4.39 Å². The van der Waals surface area contributed by atoms with Gasteiger partial charge in [0.25, 0.3) is 0 Å². The second kappa shape index (κ2) is 7.69. The first-order chi connectivity index (χ1) is 13.9. The SMILES string of the molecule is COc1cc(-c2ccc(F)cc2C)c2c(c1)N(c1c(Cl)cccc1Cl)C(=O)CC2. The summed E-state index contributed by atoms with van der Waals surface area (Å²) in [5.74, 6) is 0.204. The summed E-state index contributed by atoms with van der Waals surface area (Å²) in [5, 5.41) is 0.780. The Labute approximate surface area is 178 Å². The zero-order chi connectivity index (χ0) is 20.7. The molecule has 1 aliphatic heterocycles. The normalized spacial score (nSPS) is 13.4. The van der Waals surface area contributed by atoms with Crippen LogP contribution in [0, 0.1) is 12.7 Å². The average molecular weight is 430 g/mol. The van der Waals surface area contributed by atoms with Gasteiger partial charge in [-0.3, -0.25) is 9.69 Å². The fourth-order valence-electron chi connectivity index (χ4n) is 3.81. The van der Waals surface area contributed by atoms with Crippen LogP contribution < -0.4 is 9.64 Å². The smallest absolute Gasteiger partial charge is 0.231 e. The molecule has 3 aromatic carbocycles. The minimum atomic E-state index is -0.289. The first-order valence-corrected chi connectivity index (χ1v) is 9.90. The molecule has 0 N–H and O–H groups in total. The lowest BCUT2D eigenvalue weighted by Gasteiger charge is -2.32. The van der Waals surface area contributed by atoms with Crippen molar-refractivity contribution in [1.82, 2.24) is 0 Å². The van der Waals surface area contributed by atoms with E-state index in [0.29, 0.717) is 40.0 Å². The molecule has 1 amide bonds. The summed E-state index contributed by atoms with van der Waals surface area (Å²) in [6, 6.07) is 13.6. The van der Waals surface area contributed by atoms with E-state index in [-0.39, 0.29) is 11.7 Å². The molecule has 1 heterocycles. The quantitative estimate of drug-likeness (QED) is 0.461. The van der Waals surface area contributed by atoms with Gasteiger partial charge in [0.1, 0.15) is 11.6 Å². The summed E-state index contributed by atoms with van der Waals surface area (Å²) in [6.07, 6.45) is 0.872. The lowest BCUT2D eigenvalue weighted by molar-refractivity contribution is -0.118. The van der Waals surface area contributed by atoms with Crippen LogP contribution in [0.2, 0.25) is 10.0 Å². The van der Waals surface area contributed by atoms with E-state index in [9.17, 15) is 9.18 Å². The van der Waals surface area contributed by atoms with Gasteiger partial charge in [-0.15, -0.1) is 0 Å². The molecule has 29 heavy (non-hydrogen) atoms. The lowest BCUT2D eigenvalue weighted by atomic mass is 9.89. The predicted octanol–water partition coefficient (Wildman–Crippen LogP) is 6.73. The van der Waals surface area contributed by atoms with Crippen molar-refractivity contribution in [3.63, 3.8) is 0 Å². The fourth-order valence-corrected chi connectivity index (χ4v) is 4.37. The largest absolute Gasteiger partial charge is 0.497 e. The summed E-state index contributed by atoms with van der Waals surface area (Å²) in [6.45, 7) is 1.86. The maximum absolute atomic E-state index is 13.7. The molecule has 148 valence electrons. The Morgan fingerprint density at radius 3 is 2.38 bits per heavy atom. The molecule has 3 aromatic rings. The van der Waals surface area contributed by atoms with Crippen LogP contribution in [0.5, 0.6) is 5.75 Å². The number of carbonyl (C=O) groups excluding carboxylic acids is 1. The first-order valence-electron chi connectivity index (χ1n) is 9.15. The summed E-state index contributed by atoms with van der Waals surface area (Å²) in [4.78, 5) is 14.5. The van der Waals surface area contributed by atoms with Crippen molar-refractivity contribution in [3.8, 4) is 16.9 Å². The van der Waals surface area contributed by atoms with Crippen molar-refractivity contribution >= 4 is 40.5 Å². The zero-order valence-corrected chi connectivity index (χ0v) is 17.4. The lowest BCUT2D eigenvalue weighted by Crippen LogP contribution is -2.31. The summed E-state index contributed by atoms with van der Waals surface area (Å²) in [7, 11) is 1.57. The third kappa shape index (κ3) is 3.47. The Kier molecular flexibility index (Phi) is 5.24. The van der Waals surface area contributed by atoms with Crippen molar-refractivity contribution in [2.75, 3.05) is 12.0 Å². The van der Waals surface area contributed by atoms with Crippen LogP contribution >= 0.6 is 23.2 Å². The highest BCUT2D eigenvalue weighted by molar-refractivity contribution is 6.40. The number of fused-ring (bicyclic) bond motifs is 1. The van der Waals surface area contributed by atoms with Gasteiger partial charge in [-0.1, -0.05) is 35.3 Å². The van der Waals surface area contributed by atoms with Crippen LogP contribution in [0.15, 0.2) is 48.5 Å². The molecule has 1 aliphatic rings. The van der Waals surface area contributed by atoms with Gasteiger partial charge >= 0.3 is 0 Å². The molecule has 0 spiro atoms. The zero-order valence-electron chi connectivity index (χ0n) is 15.9. The molecule has 0 radical (unpaired) electrons. The van der Waals surface area contributed by atoms with E-state index >= 15 is 0 Å². The Hall–Kier alpha value is -2.56. The van der Waals surface area contributed by atoms with Gasteiger partial charge in [0.05, 0.1) is 28.5 Å². The number of aryl methyl sites for hydroxylation is 1. The topological polar surface area (TPSA) is 29.5 Å². The maximum atomic E-state index is 13.7. The monoisotopic (exact) mass is 429 g/mol. The highest BCUT2D eigenvalue weighted by Crippen LogP contribution is 2.46. The average Bonchev–Trinajstić information content (AvgIpc) is 2.68. The third-order valence-electron chi connectivity index (χ3n) is 5.15. The highest BCUT2D eigenvalue weighted by Gasteiger charge is 2.31. The summed E-state index contributed by atoms with van der Waals surface area (Å²) in [5.41, 5.74) is 4.69. The number of ether oxygens (including phenoxy) is 1. The molecule has 0 saturated heterocycles. The third-order valence-corrected chi connectivity index (χ3v) is 5.76. The van der Waals surface area contributed by atoms with E-state index in [1.165, 1.54) is 12.1 Å². The maximum Gasteiger partial charge on any atom is 0.231 e. The summed E-state index contributed by atoms with van der Waals surface area (Å²) < 4.78 is 19.2. The van der Waals surface area contributed by atoms with Crippen molar-refractivity contribution in [3.05, 3.63) is 75.5 Å². The summed E-state index contributed by atoms with van der Waals surface area (Å²) >= 11 is 12.8. The van der Waals surface area contributed by atoms with Gasteiger partial charge in [-0.2, -0.15) is 0 Å². The van der Waals surface area contributed by atoms with Crippen LogP contribution in [0.25, 0.3) is 11.1 Å². The molecule has 4 rings (SSSR count). The van der Waals surface area contributed by atoms with Crippen molar-refractivity contribution in [2.45, 2.75) is 19.8 Å². The number of nitrogens with zero attached hydrogens (tertiary/aromatic N) is 1. The van der Waals surface area contributed by atoms with Crippen molar-refractivity contribution in [1.29, 1.82) is 0 Å². The Bertz CT molecular complexity index is 1110. The fraction of sp³-hybridized carbons (Fsp3) is 0.174. The Balaban J connectivity index is 2.00. The Morgan fingerprint density at radius 1 is 1.00 bits per heavy atom. The van der Waals surface area contributed by atoms with Crippen molar-refractivity contribution < 1.29 is 13.9 Å². The molecule has 0 saturated carbocycles. The van der Waals surface area contributed by atoms with E-state index in [2.05, 4.69) is 0 Å².